The summed E-state index contributed by atoms with van der Waals surface area (Å²) in [5.41, 5.74) is 13.0. The van der Waals surface area contributed by atoms with Crippen molar-refractivity contribution in [1.82, 2.24) is 20.2 Å². The monoisotopic (exact) mass is 609 g/mol. The normalized spacial score (nSPS) is 18.4. The minimum Gasteiger partial charge on any atom is -0.492 e. The fourth-order valence-electron chi connectivity index (χ4n) is 6.55. The van der Waals surface area contributed by atoms with Crippen molar-refractivity contribution >= 4 is 28.8 Å². The van der Waals surface area contributed by atoms with E-state index in [0.717, 1.165) is 98.6 Å². The maximum atomic E-state index is 13.3. The van der Waals surface area contributed by atoms with E-state index in [1.54, 1.807) is 13.1 Å². The van der Waals surface area contributed by atoms with E-state index >= 15 is 0 Å². The minimum atomic E-state index is -0.0883. The molecule has 6 rings (SSSR count). The van der Waals surface area contributed by atoms with Crippen molar-refractivity contribution in [2.75, 3.05) is 45.3 Å². The molecule has 3 aliphatic rings. The quantitative estimate of drug-likeness (QED) is 0.298. The zero-order valence-corrected chi connectivity index (χ0v) is 26.2. The lowest BCUT2D eigenvalue weighted by atomic mass is 9.88. The Kier molecular flexibility index (Phi) is 9.71. The largest absolute Gasteiger partial charge is 0.492 e. The lowest BCUT2D eigenvalue weighted by Crippen LogP contribution is -2.49. The molecule has 45 heavy (non-hydrogen) atoms. The molecule has 0 atom stereocenters. The second kappa shape index (κ2) is 14.2. The lowest BCUT2D eigenvalue weighted by molar-refractivity contribution is 0.0238. The lowest BCUT2D eigenvalue weighted by Gasteiger charge is -2.39. The first kappa shape index (κ1) is 30.7. The van der Waals surface area contributed by atoms with Crippen LogP contribution in [0.2, 0.25) is 0 Å². The van der Waals surface area contributed by atoms with Crippen LogP contribution in [-0.4, -0.2) is 78.5 Å². The van der Waals surface area contributed by atoms with Crippen molar-refractivity contribution in [3.63, 3.8) is 0 Å². The van der Waals surface area contributed by atoms with Crippen molar-refractivity contribution in [3.05, 3.63) is 82.8 Å². The number of carbonyl (C=O) groups excluding carboxylic acids is 1. The molecule has 1 aromatic heterocycles. The van der Waals surface area contributed by atoms with E-state index in [2.05, 4.69) is 25.5 Å². The van der Waals surface area contributed by atoms with Gasteiger partial charge < -0.3 is 30.7 Å². The van der Waals surface area contributed by atoms with Gasteiger partial charge in [0.25, 0.3) is 5.91 Å². The summed E-state index contributed by atoms with van der Waals surface area (Å²) in [6.45, 7) is 6.08. The number of fused-ring (bicyclic) bond motifs is 1. The van der Waals surface area contributed by atoms with Gasteiger partial charge in [0.1, 0.15) is 5.75 Å². The van der Waals surface area contributed by atoms with Crippen LogP contribution in [0.5, 0.6) is 5.75 Å². The van der Waals surface area contributed by atoms with Gasteiger partial charge in [0, 0.05) is 74.0 Å². The highest BCUT2D eigenvalue weighted by molar-refractivity contribution is 6.32. The molecule has 4 N–H and O–H groups in total. The highest BCUT2D eigenvalue weighted by Crippen LogP contribution is 2.33. The van der Waals surface area contributed by atoms with Crippen molar-refractivity contribution in [1.29, 1.82) is 0 Å². The summed E-state index contributed by atoms with van der Waals surface area (Å²) in [6, 6.07) is 16.2. The molecular formula is C35H43N7O3. The van der Waals surface area contributed by atoms with Crippen LogP contribution in [0.3, 0.4) is 0 Å². The number of anilines is 2. The average molecular weight is 610 g/mol. The molecule has 1 amide bonds. The first-order valence-corrected chi connectivity index (χ1v) is 16.1. The topological polar surface area (TPSA) is 127 Å². The van der Waals surface area contributed by atoms with E-state index in [-0.39, 0.29) is 11.9 Å². The minimum absolute atomic E-state index is 0.0883. The van der Waals surface area contributed by atoms with Crippen LogP contribution >= 0.6 is 0 Å². The summed E-state index contributed by atoms with van der Waals surface area (Å²) < 4.78 is 11.5. The summed E-state index contributed by atoms with van der Waals surface area (Å²) in [7, 11) is 1.78. The molecule has 10 nitrogen and oxygen atoms in total. The molecule has 3 aromatic rings. The van der Waals surface area contributed by atoms with Gasteiger partial charge >= 0.3 is 0 Å². The van der Waals surface area contributed by atoms with Crippen molar-refractivity contribution < 1.29 is 14.3 Å². The van der Waals surface area contributed by atoms with E-state index in [0.29, 0.717) is 35.6 Å². The van der Waals surface area contributed by atoms with E-state index in [1.807, 2.05) is 55.6 Å². The molecule has 1 aliphatic carbocycles. The Morgan fingerprint density at radius 2 is 1.84 bits per heavy atom. The van der Waals surface area contributed by atoms with Gasteiger partial charge in [-0.1, -0.05) is 30.3 Å². The van der Waals surface area contributed by atoms with Gasteiger partial charge in [-0.25, -0.2) is 9.97 Å². The Morgan fingerprint density at radius 3 is 2.58 bits per heavy atom. The van der Waals surface area contributed by atoms with Gasteiger partial charge in [0.15, 0.2) is 0 Å². The third-order valence-electron chi connectivity index (χ3n) is 8.96. The molecule has 0 spiro atoms. The maximum absolute atomic E-state index is 13.3. The maximum Gasteiger partial charge on any atom is 0.251 e. The predicted molar refractivity (Wildman–Crippen MR) is 177 cm³/mol. The zero-order valence-electron chi connectivity index (χ0n) is 26.2. The fourth-order valence-corrected chi connectivity index (χ4v) is 6.55. The van der Waals surface area contributed by atoms with Gasteiger partial charge in [0.05, 0.1) is 23.7 Å². The Labute approximate surface area is 265 Å². The van der Waals surface area contributed by atoms with Gasteiger partial charge in [-0.2, -0.15) is 0 Å². The number of amides is 1. The predicted octanol–water partition coefficient (Wildman–Crippen LogP) is 4.73. The third-order valence-corrected chi connectivity index (χ3v) is 8.96. The number of aliphatic imine (C=N–C) groups is 1. The first-order chi connectivity index (χ1) is 22.0. The first-order valence-electron chi connectivity index (χ1n) is 16.1. The number of nitrogens with two attached hydrogens (primary N) is 1. The van der Waals surface area contributed by atoms with Gasteiger partial charge in [0.2, 0.25) is 5.95 Å². The number of hydrogen-bond acceptors (Lipinski definition) is 9. The highest BCUT2D eigenvalue weighted by atomic mass is 16.5. The van der Waals surface area contributed by atoms with Crippen LogP contribution in [0.4, 0.5) is 11.6 Å². The molecule has 10 heteroatoms. The number of aryl methyl sites for hydroxylation is 1. The Hall–Kier alpha value is -4.28. The molecule has 2 aromatic carbocycles. The summed E-state index contributed by atoms with van der Waals surface area (Å²) >= 11 is 0. The molecule has 0 saturated carbocycles. The van der Waals surface area contributed by atoms with Crippen molar-refractivity contribution in [2.45, 2.75) is 57.5 Å². The highest BCUT2D eigenvalue weighted by Gasteiger charge is 2.28. The standard InChI is InChI=1S/C35H43N7O3/c1-3-45-30-21-24(34(43)39-26-13-17-42(18-14-26)27-15-19-44-20-16-27)10-12-29(30)40-35-38-22-25-9-11-28(36)31(33(25)41-35)32(37-2)23-7-5-4-6-8-23/h4-8,10,12,21-22,26-27H,3,9,11,13-20,36H2,1-2H3,(H,39,43)(H,38,40,41). The van der Waals surface area contributed by atoms with E-state index in [4.69, 9.17) is 20.2 Å². The van der Waals surface area contributed by atoms with E-state index < -0.39 is 0 Å². The molecule has 3 heterocycles. The average Bonchev–Trinajstić information content (AvgIpc) is 3.08. The molecular weight excluding hydrogens is 566 g/mol. The summed E-state index contributed by atoms with van der Waals surface area (Å²) in [5, 5.41) is 6.58. The third kappa shape index (κ3) is 7.02. The van der Waals surface area contributed by atoms with Crippen LogP contribution in [0.1, 0.15) is 66.2 Å². The number of piperidine rings is 1. The number of benzene rings is 2. The molecule has 236 valence electrons. The number of hydrogen-bond donors (Lipinski definition) is 3. The second-order valence-electron chi connectivity index (χ2n) is 11.8. The summed E-state index contributed by atoms with van der Waals surface area (Å²) in [4.78, 5) is 30.0. The number of carbonyl (C=O) groups is 1. The number of rotatable bonds is 9. The van der Waals surface area contributed by atoms with E-state index in [9.17, 15) is 4.79 Å². The molecule has 2 saturated heterocycles. The number of allylic oxidation sites excluding steroid dienone is 2. The van der Waals surface area contributed by atoms with Crippen molar-refractivity contribution in [2.24, 2.45) is 10.7 Å². The molecule has 0 bridgehead atoms. The van der Waals surface area contributed by atoms with Crippen LogP contribution in [-0.2, 0) is 11.2 Å². The fraction of sp³-hybridized carbons (Fsp3) is 0.429. The smallest absolute Gasteiger partial charge is 0.251 e. The molecule has 0 unspecified atom stereocenters. The Bertz CT molecular complexity index is 1560. The SMILES string of the molecule is CCOc1cc(C(=O)NC2CCN(C3CCOCC3)CC2)ccc1Nc1ncc2c(n1)C(C(=NC)c1ccccc1)=C(N)CC2. The van der Waals surface area contributed by atoms with Crippen LogP contribution < -0.4 is 21.1 Å². The zero-order chi connectivity index (χ0) is 31.2. The van der Waals surface area contributed by atoms with Crippen LogP contribution in [0.25, 0.3) is 5.57 Å². The summed E-state index contributed by atoms with van der Waals surface area (Å²) in [6.07, 6.45) is 7.43. The Morgan fingerprint density at radius 1 is 1.07 bits per heavy atom. The number of nitrogens with one attached hydrogen (secondary N) is 2. The number of ether oxygens (including phenoxy) is 2. The number of nitrogens with zero attached hydrogens (tertiary/aromatic N) is 4. The van der Waals surface area contributed by atoms with Gasteiger partial charge in [-0.3, -0.25) is 9.79 Å². The molecule has 0 radical (unpaired) electrons. The number of likely N-dealkylation sites (tertiary alicyclic amines) is 1. The second-order valence-corrected chi connectivity index (χ2v) is 11.8. The van der Waals surface area contributed by atoms with E-state index in [1.165, 1.54) is 0 Å². The van der Waals surface area contributed by atoms with Crippen LogP contribution in [0, 0.1) is 0 Å². The molecule has 2 aliphatic heterocycles. The number of aromatic nitrogens is 2. The summed E-state index contributed by atoms with van der Waals surface area (Å²) in [5.74, 6) is 0.893. The Balaban J connectivity index is 1.17. The van der Waals surface area contributed by atoms with Crippen molar-refractivity contribution in [3.8, 4) is 5.75 Å². The molecule has 2 fully saturated rings. The van der Waals surface area contributed by atoms with Gasteiger partial charge in [-0.15, -0.1) is 0 Å². The van der Waals surface area contributed by atoms with Crippen LogP contribution in [0.15, 0.2) is 65.4 Å². The van der Waals surface area contributed by atoms with Gasteiger partial charge in [-0.05, 0) is 69.2 Å².